The highest BCUT2D eigenvalue weighted by atomic mass is 16.4. The summed E-state index contributed by atoms with van der Waals surface area (Å²) in [6, 6.07) is 1.91. The molecule has 4 heterocycles. The van der Waals surface area contributed by atoms with E-state index in [0.29, 0.717) is 16.9 Å². The number of oxazole rings is 1. The maximum Gasteiger partial charge on any atom is 0.262 e. The van der Waals surface area contributed by atoms with Gasteiger partial charge in [0.2, 0.25) is 0 Å². The third-order valence-corrected chi connectivity index (χ3v) is 5.68. The van der Waals surface area contributed by atoms with Crippen molar-refractivity contribution in [1.29, 1.82) is 0 Å². The third-order valence-electron chi connectivity index (χ3n) is 5.68. The fourth-order valence-corrected chi connectivity index (χ4v) is 3.74. The molecule has 5 rings (SSSR count). The highest BCUT2D eigenvalue weighted by Gasteiger charge is 2.39. The second-order valence-electron chi connectivity index (χ2n) is 7.39. The molecule has 4 aromatic heterocycles. The Kier molecular flexibility index (Phi) is 3.68. The summed E-state index contributed by atoms with van der Waals surface area (Å²) in [5.74, 6) is 2.43. The van der Waals surface area contributed by atoms with Gasteiger partial charge >= 0.3 is 0 Å². The van der Waals surface area contributed by atoms with Gasteiger partial charge in [-0.1, -0.05) is 0 Å². The Bertz CT molecular complexity index is 1230. The van der Waals surface area contributed by atoms with E-state index in [-0.39, 0.29) is 17.4 Å². The van der Waals surface area contributed by atoms with E-state index < -0.39 is 0 Å². The van der Waals surface area contributed by atoms with Gasteiger partial charge in [0.1, 0.15) is 17.0 Å². The molecule has 28 heavy (non-hydrogen) atoms. The van der Waals surface area contributed by atoms with Crippen LogP contribution in [0, 0.1) is 20.8 Å². The van der Waals surface area contributed by atoms with Gasteiger partial charge in [-0.15, -0.1) is 0 Å². The molecule has 1 aliphatic carbocycles. The Hall–Kier alpha value is -3.29. The van der Waals surface area contributed by atoms with E-state index in [4.69, 9.17) is 9.40 Å². The van der Waals surface area contributed by atoms with Crippen molar-refractivity contribution in [3.8, 4) is 5.69 Å². The second kappa shape index (κ2) is 6.12. The van der Waals surface area contributed by atoms with Crippen LogP contribution in [0.4, 0.5) is 0 Å². The monoisotopic (exact) mass is 376 g/mol. The molecule has 1 N–H and O–H groups in total. The first-order chi connectivity index (χ1) is 13.5. The van der Waals surface area contributed by atoms with Crippen molar-refractivity contribution < 1.29 is 4.42 Å². The molecule has 142 valence electrons. The minimum Gasteiger partial charge on any atom is -0.445 e. The summed E-state index contributed by atoms with van der Waals surface area (Å²) in [7, 11) is 0. The number of fused-ring (bicyclic) bond motifs is 1. The summed E-state index contributed by atoms with van der Waals surface area (Å²) >= 11 is 0. The molecular weight excluding hydrogens is 356 g/mol. The zero-order valence-electron chi connectivity index (χ0n) is 15.9. The van der Waals surface area contributed by atoms with Gasteiger partial charge in [0.15, 0.2) is 11.5 Å². The van der Waals surface area contributed by atoms with Crippen LogP contribution < -0.4 is 5.56 Å². The standard InChI is InChI=1S/C20H20N6O2/c1-10-6-7-21-9-16(10)26-18-15(8-22-26)19(27)25-17(24-18)13-4-5-14(13)20-23-11(2)12(3)28-20/h6-9,13-14H,4-5H2,1-3H3,(H,24,25,27). The summed E-state index contributed by atoms with van der Waals surface area (Å²) in [5, 5.41) is 4.85. The number of H-pyrrole nitrogens is 1. The first kappa shape index (κ1) is 16.9. The molecular formula is C20H20N6O2. The van der Waals surface area contributed by atoms with E-state index in [0.717, 1.165) is 41.4 Å². The molecule has 0 radical (unpaired) electrons. The zero-order chi connectivity index (χ0) is 19.4. The van der Waals surface area contributed by atoms with Crippen LogP contribution in [0.1, 0.15) is 53.4 Å². The van der Waals surface area contributed by atoms with Crippen LogP contribution in [0.15, 0.2) is 33.9 Å². The second-order valence-corrected chi connectivity index (χ2v) is 7.39. The van der Waals surface area contributed by atoms with E-state index in [9.17, 15) is 4.79 Å². The molecule has 1 fully saturated rings. The van der Waals surface area contributed by atoms with E-state index in [1.165, 1.54) is 0 Å². The summed E-state index contributed by atoms with van der Waals surface area (Å²) in [4.78, 5) is 29.1. The van der Waals surface area contributed by atoms with Gasteiger partial charge < -0.3 is 9.40 Å². The highest BCUT2D eigenvalue weighted by Crippen LogP contribution is 2.47. The van der Waals surface area contributed by atoms with E-state index in [2.05, 4.69) is 20.1 Å². The minimum absolute atomic E-state index is 0.0768. The molecule has 2 atom stereocenters. The smallest absolute Gasteiger partial charge is 0.262 e. The summed E-state index contributed by atoms with van der Waals surface area (Å²) in [6.45, 7) is 5.84. The van der Waals surface area contributed by atoms with Gasteiger partial charge in [-0.3, -0.25) is 9.78 Å². The van der Waals surface area contributed by atoms with Gasteiger partial charge in [0.05, 0.1) is 23.8 Å². The van der Waals surface area contributed by atoms with Gasteiger partial charge in [-0.2, -0.15) is 5.10 Å². The average Bonchev–Trinajstić information content (AvgIpc) is 3.18. The number of aryl methyl sites for hydroxylation is 3. The molecule has 1 aliphatic rings. The number of aromatic amines is 1. The normalized spacial score (nSPS) is 19.1. The molecule has 4 aromatic rings. The predicted molar refractivity (Wildman–Crippen MR) is 103 cm³/mol. The summed E-state index contributed by atoms with van der Waals surface area (Å²) in [6.07, 6.45) is 6.91. The Labute approximate surface area is 160 Å². The summed E-state index contributed by atoms with van der Waals surface area (Å²) in [5.41, 5.74) is 3.09. The van der Waals surface area contributed by atoms with Crippen molar-refractivity contribution in [2.75, 3.05) is 0 Å². The predicted octanol–water partition coefficient (Wildman–Crippen LogP) is 3.08. The number of nitrogens with one attached hydrogen (secondary N) is 1. The fourth-order valence-electron chi connectivity index (χ4n) is 3.74. The number of pyridine rings is 1. The van der Waals surface area contributed by atoms with Crippen molar-refractivity contribution in [3.05, 3.63) is 63.7 Å². The lowest BCUT2D eigenvalue weighted by Crippen LogP contribution is -2.26. The Morgan fingerprint density at radius 3 is 2.64 bits per heavy atom. The minimum atomic E-state index is -0.182. The van der Waals surface area contributed by atoms with Crippen LogP contribution in [0.5, 0.6) is 0 Å². The van der Waals surface area contributed by atoms with Crippen molar-refractivity contribution in [1.82, 2.24) is 29.7 Å². The topological polar surface area (TPSA) is 102 Å². The Morgan fingerprint density at radius 2 is 1.96 bits per heavy atom. The van der Waals surface area contributed by atoms with Gasteiger partial charge in [0.25, 0.3) is 5.56 Å². The molecule has 8 heteroatoms. The fraction of sp³-hybridized carbons (Fsp3) is 0.350. The van der Waals surface area contributed by atoms with Crippen LogP contribution in [0.25, 0.3) is 16.7 Å². The summed E-state index contributed by atoms with van der Waals surface area (Å²) < 4.78 is 7.51. The largest absolute Gasteiger partial charge is 0.445 e. The third kappa shape index (κ3) is 2.48. The molecule has 0 spiro atoms. The van der Waals surface area contributed by atoms with E-state index in [1.54, 1.807) is 23.3 Å². The van der Waals surface area contributed by atoms with Crippen LogP contribution >= 0.6 is 0 Å². The van der Waals surface area contributed by atoms with Gasteiger partial charge in [0, 0.05) is 18.0 Å². The first-order valence-corrected chi connectivity index (χ1v) is 9.36. The molecule has 2 unspecified atom stereocenters. The van der Waals surface area contributed by atoms with Crippen LogP contribution in [0.2, 0.25) is 0 Å². The molecule has 0 aliphatic heterocycles. The van der Waals surface area contributed by atoms with Crippen molar-refractivity contribution in [2.45, 2.75) is 45.4 Å². The molecule has 0 bridgehead atoms. The highest BCUT2D eigenvalue weighted by molar-refractivity contribution is 5.75. The lowest BCUT2D eigenvalue weighted by atomic mass is 9.73. The van der Waals surface area contributed by atoms with Crippen LogP contribution in [0.3, 0.4) is 0 Å². The Balaban J connectivity index is 1.60. The molecule has 0 amide bonds. The lowest BCUT2D eigenvalue weighted by molar-refractivity contribution is 0.273. The first-order valence-electron chi connectivity index (χ1n) is 9.36. The number of hydrogen-bond acceptors (Lipinski definition) is 6. The van der Waals surface area contributed by atoms with Gasteiger partial charge in [-0.05, 0) is 45.2 Å². The number of aromatic nitrogens is 6. The number of hydrogen-bond donors (Lipinski definition) is 1. The van der Waals surface area contributed by atoms with Crippen LogP contribution in [-0.2, 0) is 0 Å². The van der Waals surface area contributed by atoms with Crippen LogP contribution in [-0.4, -0.2) is 29.7 Å². The van der Waals surface area contributed by atoms with Crippen molar-refractivity contribution in [3.63, 3.8) is 0 Å². The number of rotatable bonds is 3. The van der Waals surface area contributed by atoms with Crippen molar-refractivity contribution in [2.24, 2.45) is 0 Å². The number of nitrogens with zero attached hydrogens (tertiary/aromatic N) is 5. The maximum absolute atomic E-state index is 12.7. The maximum atomic E-state index is 12.7. The quantitative estimate of drug-likeness (QED) is 0.589. The molecule has 0 aromatic carbocycles. The van der Waals surface area contributed by atoms with Crippen molar-refractivity contribution >= 4 is 11.0 Å². The molecule has 8 nitrogen and oxygen atoms in total. The SMILES string of the molecule is Cc1ccncc1-n1ncc2c(=O)[nH]c(C3CCC3c3nc(C)c(C)o3)nc21. The van der Waals surface area contributed by atoms with Gasteiger partial charge in [-0.25, -0.2) is 14.6 Å². The molecule has 1 saturated carbocycles. The zero-order valence-corrected chi connectivity index (χ0v) is 15.9. The lowest BCUT2D eigenvalue weighted by Gasteiger charge is -2.33. The Morgan fingerprint density at radius 1 is 1.14 bits per heavy atom. The average molecular weight is 376 g/mol. The van der Waals surface area contributed by atoms with E-state index in [1.807, 2.05) is 26.8 Å². The molecule has 0 saturated heterocycles. The van der Waals surface area contributed by atoms with E-state index >= 15 is 0 Å².